The molecule has 8 nitrogen and oxygen atoms in total. The molecule has 2 saturated heterocycles. The molecule has 2 fully saturated rings. The van der Waals surface area contributed by atoms with Crippen molar-refractivity contribution in [1.29, 1.82) is 0 Å². The second-order valence-electron chi connectivity index (χ2n) is 6.86. The van der Waals surface area contributed by atoms with E-state index in [2.05, 4.69) is 14.3 Å². The van der Waals surface area contributed by atoms with Crippen molar-refractivity contribution in [3.05, 3.63) is 23.8 Å². The van der Waals surface area contributed by atoms with Gasteiger partial charge in [0.25, 0.3) is 0 Å². The van der Waals surface area contributed by atoms with E-state index in [9.17, 15) is 8.42 Å². The van der Waals surface area contributed by atoms with E-state index < -0.39 is 10.3 Å². The number of nitrogens with zero attached hydrogens (tertiary/aromatic N) is 5. The van der Waals surface area contributed by atoms with E-state index in [1.54, 1.807) is 0 Å². The van der Waals surface area contributed by atoms with Gasteiger partial charge in [0.05, 0.1) is 18.9 Å². The zero-order chi connectivity index (χ0) is 18.1. The van der Waals surface area contributed by atoms with Gasteiger partial charge in [-0.1, -0.05) is 0 Å². The molecule has 0 amide bonds. The van der Waals surface area contributed by atoms with Gasteiger partial charge in [-0.05, 0) is 19.8 Å². The first-order chi connectivity index (χ1) is 12.6. The van der Waals surface area contributed by atoms with Gasteiger partial charge in [0.2, 0.25) is 10.3 Å². The number of fused-ring (bicyclic) bond motifs is 1. The molecule has 9 heteroatoms. The Morgan fingerprint density at radius 2 is 1.92 bits per heavy atom. The molecule has 0 aliphatic carbocycles. The second kappa shape index (κ2) is 7.34. The molecule has 0 unspecified atom stereocenters. The summed E-state index contributed by atoms with van der Waals surface area (Å²) in [5.74, 6) is 1.29. The molecule has 4 rings (SSSR count). The predicted molar refractivity (Wildman–Crippen MR) is 99.3 cm³/mol. The standard InChI is InChI=1S/C17H23N5O3S/c1-13-11-22-15(14-2-4-20(5-3-14)12-26(23)24)10-18-16(22)17(19-13)21-6-8-25-9-7-21/h10-12,14H,2-9H2,1H3. The van der Waals surface area contributed by atoms with Crippen molar-refractivity contribution in [2.24, 2.45) is 0 Å². The van der Waals surface area contributed by atoms with Gasteiger partial charge in [-0.3, -0.25) is 9.30 Å². The summed E-state index contributed by atoms with van der Waals surface area (Å²) in [6.07, 6.45) is 5.83. The van der Waals surface area contributed by atoms with Gasteiger partial charge in [-0.25, -0.2) is 9.97 Å². The molecule has 2 aromatic heterocycles. The fourth-order valence-electron chi connectivity index (χ4n) is 3.82. The van der Waals surface area contributed by atoms with Gasteiger partial charge in [-0.15, -0.1) is 0 Å². The maximum absolute atomic E-state index is 10.8. The highest BCUT2D eigenvalue weighted by molar-refractivity contribution is 7.71. The summed E-state index contributed by atoms with van der Waals surface area (Å²) in [4.78, 5) is 13.5. The molecule has 26 heavy (non-hydrogen) atoms. The molecule has 0 saturated carbocycles. The van der Waals surface area contributed by atoms with Crippen LogP contribution in [0.25, 0.3) is 5.65 Å². The lowest BCUT2D eigenvalue weighted by Crippen LogP contribution is -2.37. The minimum atomic E-state index is -2.13. The van der Waals surface area contributed by atoms with E-state index >= 15 is 0 Å². The summed E-state index contributed by atoms with van der Waals surface area (Å²) in [5, 5.41) is 0. The minimum Gasteiger partial charge on any atom is -0.378 e. The number of aryl methyl sites for hydroxylation is 1. The van der Waals surface area contributed by atoms with Gasteiger partial charge in [0.15, 0.2) is 11.5 Å². The highest BCUT2D eigenvalue weighted by atomic mass is 32.2. The molecular weight excluding hydrogens is 354 g/mol. The summed E-state index contributed by atoms with van der Waals surface area (Å²) < 4.78 is 29.3. The monoisotopic (exact) mass is 377 g/mol. The lowest BCUT2D eigenvalue weighted by atomic mass is 9.94. The van der Waals surface area contributed by atoms with Crippen LogP contribution in [0.3, 0.4) is 0 Å². The molecule has 0 atom stereocenters. The number of hydrogen-bond acceptors (Lipinski definition) is 6. The topological polar surface area (TPSA) is 80.0 Å². The Bertz CT molecular complexity index is 917. The first-order valence-electron chi connectivity index (χ1n) is 8.96. The molecule has 2 aromatic rings. The van der Waals surface area contributed by atoms with Crippen LogP contribution < -0.4 is 4.90 Å². The molecule has 0 N–H and O–H groups in total. The van der Waals surface area contributed by atoms with Crippen molar-refractivity contribution >= 4 is 27.2 Å². The Labute approximate surface area is 153 Å². The lowest BCUT2D eigenvalue weighted by Gasteiger charge is -2.29. The average Bonchev–Trinajstić information content (AvgIpc) is 3.05. The number of rotatable bonds is 3. The van der Waals surface area contributed by atoms with Crippen LogP contribution in [0, 0.1) is 6.92 Å². The number of anilines is 1. The summed E-state index contributed by atoms with van der Waals surface area (Å²) in [6.45, 7) is 6.58. The van der Waals surface area contributed by atoms with E-state index in [0.29, 0.717) is 19.1 Å². The maximum Gasteiger partial charge on any atom is 0.225 e. The predicted octanol–water partition coefficient (Wildman–Crippen LogP) is 0.693. The average molecular weight is 377 g/mol. The smallest absolute Gasteiger partial charge is 0.225 e. The van der Waals surface area contributed by atoms with Crippen molar-refractivity contribution in [2.45, 2.75) is 25.7 Å². The molecule has 2 aliphatic rings. The fourth-order valence-corrected chi connectivity index (χ4v) is 4.27. The molecule has 140 valence electrons. The van der Waals surface area contributed by atoms with Crippen LogP contribution >= 0.6 is 0 Å². The molecule has 0 bridgehead atoms. The first kappa shape index (κ1) is 17.4. The largest absolute Gasteiger partial charge is 0.378 e. The van der Waals surface area contributed by atoms with Crippen LogP contribution in [0.15, 0.2) is 12.4 Å². The van der Waals surface area contributed by atoms with Gasteiger partial charge >= 0.3 is 0 Å². The van der Waals surface area contributed by atoms with Crippen LogP contribution in [0.4, 0.5) is 5.82 Å². The van der Waals surface area contributed by atoms with Crippen LogP contribution in [0.1, 0.15) is 30.1 Å². The maximum atomic E-state index is 10.8. The molecule has 0 aromatic carbocycles. The fraction of sp³-hybridized carbons (Fsp3) is 0.588. The Morgan fingerprint density at radius 1 is 1.19 bits per heavy atom. The van der Waals surface area contributed by atoms with Gasteiger partial charge < -0.3 is 9.64 Å². The van der Waals surface area contributed by atoms with Crippen LogP contribution in [-0.4, -0.2) is 72.6 Å². The SMILES string of the molecule is Cc1cn2c(C3CCN(C=S(=O)=O)CC3)cnc2c(N2CCOCC2)n1. The number of ether oxygens (including phenoxy) is 1. The minimum absolute atomic E-state index is 0.370. The zero-order valence-electron chi connectivity index (χ0n) is 14.8. The van der Waals surface area contributed by atoms with Crippen molar-refractivity contribution < 1.29 is 13.2 Å². The van der Waals surface area contributed by atoms with E-state index in [-0.39, 0.29) is 0 Å². The summed E-state index contributed by atoms with van der Waals surface area (Å²) in [6, 6.07) is 0. The van der Waals surface area contributed by atoms with Crippen molar-refractivity contribution in [1.82, 2.24) is 19.3 Å². The third-order valence-corrected chi connectivity index (χ3v) is 5.59. The second-order valence-corrected chi connectivity index (χ2v) is 7.59. The lowest BCUT2D eigenvalue weighted by molar-refractivity contribution is 0.122. The third kappa shape index (κ3) is 3.46. The van der Waals surface area contributed by atoms with Crippen molar-refractivity contribution in [3.8, 4) is 0 Å². The first-order valence-corrected chi connectivity index (χ1v) is 10.1. The van der Waals surface area contributed by atoms with Gasteiger partial charge in [0, 0.05) is 50.2 Å². The van der Waals surface area contributed by atoms with E-state index in [1.165, 1.54) is 11.2 Å². The highest BCUT2D eigenvalue weighted by Gasteiger charge is 2.25. The Hall–Kier alpha value is -1.97. The van der Waals surface area contributed by atoms with Crippen molar-refractivity contribution in [3.63, 3.8) is 0 Å². The Kier molecular flexibility index (Phi) is 4.92. The van der Waals surface area contributed by atoms with Gasteiger partial charge in [0.1, 0.15) is 5.49 Å². The highest BCUT2D eigenvalue weighted by Crippen LogP contribution is 2.30. The number of morpholine rings is 1. The number of likely N-dealkylation sites (tertiary alicyclic amines) is 1. The normalized spacial score (nSPS) is 19.8. The molecule has 2 aliphatic heterocycles. The molecule has 0 radical (unpaired) electrons. The number of aromatic nitrogens is 3. The summed E-state index contributed by atoms with van der Waals surface area (Å²) in [5.41, 5.74) is 4.32. The molecular formula is C17H23N5O3S. The summed E-state index contributed by atoms with van der Waals surface area (Å²) >= 11 is 0. The van der Waals surface area contributed by atoms with E-state index in [1.807, 2.05) is 24.2 Å². The van der Waals surface area contributed by atoms with Gasteiger partial charge in [-0.2, -0.15) is 8.42 Å². The molecule has 0 spiro atoms. The third-order valence-electron chi connectivity index (χ3n) is 5.12. The van der Waals surface area contributed by atoms with Crippen LogP contribution in [0.5, 0.6) is 0 Å². The van der Waals surface area contributed by atoms with Crippen LogP contribution in [-0.2, 0) is 15.0 Å². The Morgan fingerprint density at radius 3 is 2.62 bits per heavy atom. The number of imidazole rings is 1. The number of hydrogen-bond donors (Lipinski definition) is 0. The van der Waals surface area contributed by atoms with E-state index in [0.717, 1.165) is 56.2 Å². The van der Waals surface area contributed by atoms with Crippen molar-refractivity contribution in [2.75, 3.05) is 44.3 Å². The van der Waals surface area contributed by atoms with Crippen LogP contribution in [0.2, 0.25) is 0 Å². The molecule has 4 heterocycles. The summed E-state index contributed by atoms with van der Waals surface area (Å²) in [7, 11) is -2.13. The zero-order valence-corrected chi connectivity index (χ0v) is 15.7. The Balaban J connectivity index is 1.63. The quantitative estimate of drug-likeness (QED) is 0.728. The van der Waals surface area contributed by atoms with E-state index in [4.69, 9.17) is 9.72 Å². The number of piperidine rings is 1.